The third kappa shape index (κ3) is 57.4. The Kier molecular flexibility index (Phi) is 65.8. The molecule has 0 aromatic heterocycles. The van der Waals surface area contributed by atoms with E-state index in [1.54, 1.807) is 6.08 Å². The number of nitrogens with one attached hydrogen (secondary N) is 1. The van der Waals surface area contributed by atoms with Crippen molar-refractivity contribution in [2.75, 3.05) is 19.8 Å². The Bertz CT molecular complexity index is 1760. The molecule has 11 heteroatoms. The minimum absolute atomic E-state index is 0.00491. The van der Waals surface area contributed by atoms with E-state index in [1.165, 1.54) is 263 Å². The van der Waals surface area contributed by atoms with E-state index >= 15 is 0 Å². The van der Waals surface area contributed by atoms with Gasteiger partial charge < -0.3 is 45.1 Å². The van der Waals surface area contributed by atoms with Gasteiger partial charge >= 0.3 is 5.97 Å². The Morgan fingerprint density at radius 3 is 1.17 bits per heavy atom. The van der Waals surface area contributed by atoms with Crippen LogP contribution in [0.1, 0.15) is 367 Å². The molecule has 7 atom stereocenters. The van der Waals surface area contributed by atoms with Crippen molar-refractivity contribution in [2.45, 2.75) is 410 Å². The molecule has 92 heavy (non-hydrogen) atoms. The predicted octanol–water partition coefficient (Wildman–Crippen LogP) is 21.0. The van der Waals surface area contributed by atoms with Gasteiger partial charge in [0.15, 0.2) is 6.29 Å². The van der Waals surface area contributed by atoms with Crippen LogP contribution in [0.5, 0.6) is 0 Å². The molecule has 7 unspecified atom stereocenters. The summed E-state index contributed by atoms with van der Waals surface area (Å²) in [6.45, 7) is 4.29. The van der Waals surface area contributed by atoms with Crippen molar-refractivity contribution >= 4 is 11.9 Å². The molecule has 6 N–H and O–H groups in total. The second-order valence-electron chi connectivity index (χ2n) is 27.0. The molecule has 1 fully saturated rings. The van der Waals surface area contributed by atoms with Crippen molar-refractivity contribution in [1.82, 2.24) is 5.32 Å². The number of rotatable bonds is 69. The van der Waals surface area contributed by atoms with Gasteiger partial charge in [-0.25, -0.2) is 0 Å². The van der Waals surface area contributed by atoms with Crippen molar-refractivity contribution in [3.8, 4) is 0 Å². The zero-order valence-corrected chi connectivity index (χ0v) is 59.8. The normalized spacial score (nSPS) is 17.9. The number of esters is 1. The Hall–Kier alpha value is -2.90. The highest BCUT2D eigenvalue weighted by molar-refractivity contribution is 5.76. The highest BCUT2D eigenvalue weighted by Gasteiger charge is 2.44. The highest BCUT2D eigenvalue weighted by Crippen LogP contribution is 2.23. The molecule has 0 spiro atoms. The number of hydrogen-bond acceptors (Lipinski definition) is 10. The van der Waals surface area contributed by atoms with E-state index in [2.05, 4.69) is 79.9 Å². The molecule has 11 nitrogen and oxygen atoms in total. The maximum absolute atomic E-state index is 13.1. The quantitative estimate of drug-likeness (QED) is 0.0195. The highest BCUT2D eigenvalue weighted by atomic mass is 16.7. The fourth-order valence-electron chi connectivity index (χ4n) is 12.1. The van der Waals surface area contributed by atoms with Crippen LogP contribution in [0.25, 0.3) is 0 Å². The summed E-state index contributed by atoms with van der Waals surface area (Å²) >= 11 is 0. The molecule has 0 aromatic rings. The summed E-state index contributed by atoms with van der Waals surface area (Å²) in [5.74, 6) is -0.189. The number of unbranched alkanes of at least 4 members (excludes halogenated alkanes) is 45. The van der Waals surface area contributed by atoms with Gasteiger partial charge in [0.1, 0.15) is 24.4 Å². The van der Waals surface area contributed by atoms with Crippen molar-refractivity contribution < 1.29 is 49.3 Å². The molecule has 0 aromatic carbocycles. The van der Waals surface area contributed by atoms with Crippen LogP contribution in [0.2, 0.25) is 0 Å². The number of aliphatic hydroxyl groups excluding tert-OH is 5. The van der Waals surface area contributed by atoms with Gasteiger partial charge in [0.2, 0.25) is 5.91 Å². The Morgan fingerprint density at radius 1 is 0.402 bits per heavy atom. The molecule has 1 amide bonds. The Morgan fingerprint density at radius 2 is 0.750 bits per heavy atom. The van der Waals surface area contributed by atoms with Gasteiger partial charge in [0.25, 0.3) is 0 Å². The standard InChI is InChI=1S/C81H147NO10/c1-3-5-7-9-11-13-15-44-49-53-57-61-65-69-77(86)90-70-66-62-58-54-50-46-43-41-39-37-35-33-31-29-27-25-23-21-19-17-18-20-22-24-26-28-30-32-34-36-38-40-42-45-48-52-56-60-64-68-76(85)82-73(72-91-81-80(89)79(88)78(87)75(71-83)92-81)74(84)67-63-59-55-51-47-16-14-12-10-8-6-4-2/h10,12-13,15,17-18,21,23,47,51,63,67,73-75,78-81,83-84,87-89H,3-9,11,14,16,19-20,22,24-46,48-50,52-62,64-66,68-72H2,1-2H3,(H,82,85)/b12-10+,15-13-,18-17-,23-21-,51-47+,67-63+. The third-order valence-electron chi connectivity index (χ3n) is 18.2. The van der Waals surface area contributed by atoms with E-state index in [0.717, 1.165) is 77.0 Å². The number of allylic oxidation sites excluding steroid dienone is 11. The number of ether oxygens (including phenoxy) is 3. The van der Waals surface area contributed by atoms with Gasteiger partial charge in [0.05, 0.1) is 32.0 Å². The fraction of sp³-hybridized carbons (Fsp3) is 0.827. The fourth-order valence-corrected chi connectivity index (χ4v) is 12.1. The van der Waals surface area contributed by atoms with Gasteiger partial charge in [-0.15, -0.1) is 0 Å². The van der Waals surface area contributed by atoms with Crippen LogP contribution >= 0.6 is 0 Å². The van der Waals surface area contributed by atoms with Crippen molar-refractivity contribution in [1.29, 1.82) is 0 Å². The summed E-state index contributed by atoms with van der Waals surface area (Å²) in [6, 6.07) is -0.833. The molecule has 1 aliphatic heterocycles. The topological polar surface area (TPSA) is 175 Å². The van der Waals surface area contributed by atoms with Crippen LogP contribution < -0.4 is 5.32 Å². The lowest BCUT2D eigenvalue weighted by Crippen LogP contribution is -2.60. The number of aliphatic hydroxyl groups is 5. The summed E-state index contributed by atoms with van der Waals surface area (Å²) in [6.07, 6.45) is 85.1. The average molecular weight is 1300 g/mol. The second kappa shape index (κ2) is 69.5. The van der Waals surface area contributed by atoms with Crippen LogP contribution in [-0.2, 0) is 23.8 Å². The summed E-state index contributed by atoms with van der Waals surface area (Å²) in [4.78, 5) is 25.1. The van der Waals surface area contributed by atoms with Crippen LogP contribution in [0.3, 0.4) is 0 Å². The van der Waals surface area contributed by atoms with Crippen molar-refractivity contribution in [2.24, 2.45) is 0 Å². The minimum Gasteiger partial charge on any atom is -0.466 e. The van der Waals surface area contributed by atoms with Crippen molar-refractivity contribution in [3.05, 3.63) is 72.9 Å². The van der Waals surface area contributed by atoms with Gasteiger partial charge in [0, 0.05) is 12.8 Å². The van der Waals surface area contributed by atoms with E-state index in [0.29, 0.717) is 19.4 Å². The molecule has 0 aliphatic carbocycles. The number of amides is 1. The molecule has 1 aliphatic rings. The second-order valence-corrected chi connectivity index (χ2v) is 27.0. The maximum atomic E-state index is 13.1. The summed E-state index contributed by atoms with van der Waals surface area (Å²) in [5, 5.41) is 54.4. The smallest absolute Gasteiger partial charge is 0.305 e. The number of hydrogen-bond donors (Lipinski definition) is 6. The predicted molar refractivity (Wildman–Crippen MR) is 389 cm³/mol. The molecule has 1 saturated heterocycles. The van der Waals surface area contributed by atoms with Gasteiger partial charge in [-0.2, -0.15) is 0 Å². The zero-order valence-electron chi connectivity index (χ0n) is 59.8. The van der Waals surface area contributed by atoms with Crippen LogP contribution in [0, 0.1) is 0 Å². The van der Waals surface area contributed by atoms with Gasteiger partial charge in [-0.3, -0.25) is 9.59 Å². The first kappa shape index (κ1) is 87.1. The molecule has 1 rings (SSSR count). The lowest BCUT2D eigenvalue weighted by Gasteiger charge is -2.40. The largest absolute Gasteiger partial charge is 0.466 e. The number of carbonyl (C=O) groups excluding carboxylic acids is 2. The molecule has 1 heterocycles. The molecule has 0 saturated carbocycles. The minimum atomic E-state index is -1.58. The summed E-state index contributed by atoms with van der Waals surface area (Å²) in [7, 11) is 0. The lowest BCUT2D eigenvalue weighted by atomic mass is 9.99. The van der Waals surface area contributed by atoms with E-state index < -0.39 is 49.5 Å². The summed E-state index contributed by atoms with van der Waals surface area (Å²) < 4.78 is 16.7. The van der Waals surface area contributed by atoms with Gasteiger partial charge in [-0.05, 0) is 109 Å². The zero-order chi connectivity index (χ0) is 66.5. The molecular formula is C81H147NO10. The van der Waals surface area contributed by atoms with Crippen LogP contribution in [-0.4, -0.2) is 100 Å². The summed E-state index contributed by atoms with van der Waals surface area (Å²) in [5.41, 5.74) is 0. The molecular weight excluding hydrogens is 1150 g/mol. The molecule has 0 bridgehead atoms. The van der Waals surface area contributed by atoms with E-state index in [1.807, 2.05) is 6.08 Å². The monoisotopic (exact) mass is 1290 g/mol. The molecule has 0 radical (unpaired) electrons. The van der Waals surface area contributed by atoms with E-state index in [9.17, 15) is 35.1 Å². The van der Waals surface area contributed by atoms with Crippen LogP contribution in [0.4, 0.5) is 0 Å². The van der Waals surface area contributed by atoms with E-state index in [4.69, 9.17) is 14.2 Å². The number of carbonyl (C=O) groups is 2. The Balaban J connectivity index is 1.91. The van der Waals surface area contributed by atoms with Crippen molar-refractivity contribution in [3.63, 3.8) is 0 Å². The van der Waals surface area contributed by atoms with Crippen LogP contribution in [0.15, 0.2) is 72.9 Å². The average Bonchev–Trinajstić information content (AvgIpc) is 1.08. The molecule has 536 valence electrons. The first-order chi connectivity index (χ1) is 45.2. The maximum Gasteiger partial charge on any atom is 0.305 e. The van der Waals surface area contributed by atoms with Gasteiger partial charge in [-0.1, -0.05) is 318 Å². The Labute approximate surface area is 566 Å². The first-order valence-corrected chi connectivity index (χ1v) is 39.2. The lowest BCUT2D eigenvalue weighted by molar-refractivity contribution is -0.302. The van der Waals surface area contributed by atoms with E-state index in [-0.39, 0.29) is 18.5 Å². The SMILES string of the molecule is CCCC/C=C/CC/C=C/CC/C=C/C(O)C(COC1OC(CO)C(O)C(O)C1O)NC(=O)CCCCCCCCCCCCCCCCCCC/C=C\C/C=C\CCCCCCCCCCCCCCCCCOC(=O)CCCCCCC/C=C\CCCCCC. The first-order valence-electron chi connectivity index (χ1n) is 39.2. The third-order valence-corrected chi connectivity index (χ3v) is 18.2.